The largest absolute Gasteiger partial charge is 0.468 e. The Labute approximate surface area is 204 Å². The number of thiazole rings is 1. The van der Waals surface area contributed by atoms with Crippen LogP contribution in [0.3, 0.4) is 0 Å². The van der Waals surface area contributed by atoms with Crippen LogP contribution in [0, 0.1) is 0 Å². The minimum Gasteiger partial charge on any atom is -0.468 e. The van der Waals surface area contributed by atoms with Gasteiger partial charge in [-0.15, -0.1) is 0 Å². The van der Waals surface area contributed by atoms with Gasteiger partial charge >= 0.3 is 11.9 Å². The molecule has 176 valence electrons. The second-order valence-electron chi connectivity index (χ2n) is 7.41. The maximum Gasteiger partial charge on any atom is 0.337 e. The molecule has 1 aromatic heterocycles. The minimum absolute atomic E-state index is 0.150. The molecule has 4 aromatic rings. The molecule has 0 N–H and O–H groups in total. The highest BCUT2D eigenvalue weighted by Crippen LogP contribution is 2.20. The number of ether oxygens (including phenoxy) is 2. The third-order valence-electron chi connectivity index (χ3n) is 5.25. The van der Waals surface area contributed by atoms with Crippen molar-refractivity contribution in [2.75, 3.05) is 14.2 Å². The molecule has 8 nitrogen and oxygen atoms in total. The first kappa shape index (κ1) is 23.8. The van der Waals surface area contributed by atoms with E-state index < -0.39 is 17.8 Å². The second-order valence-corrected chi connectivity index (χ2v) is 8.42. The first-order valence-electron chi connectivity index (χ1n) is 10.5. The van der Waals surface area contributed by atoms with E-state index in [1.807, 2.05) is 6.07 Å². The standard InChI is InChI=1S/C26H20N2O6S/c1-33-22(29)15-28-20-13-12-19(25(32)34-2)14-21(20)35-26(28)27-24(31)18-10-8-17(9-11-18)23(30)16-6-4-3-5-7-16/h3-14H,15H2,1-2H3. The van der Waals surface area contributed by atoms with E-state index >= 15 is 0 Å². The number of aromatic nitrogens is 1. The SMILES string of the molecule is COC(=O)Cn1c(=NC(=O)c2ccc(C(=O)c3ccccc3)cc2)sc2cc(C(=O)OC)ccc21. The molecule has 0 saturated carbocycles. The Morgan fingerprint density at radius 2 is 1.43 bits per heavy atom. The number of ketones is 1. The highest BCUT2D eigenvalue weighted by Gasteiger charge is 2.15. The number of methoxy groups -OCH3 is 2. The Morgan fingerprint density at radius 1 is 0.800 bits per heavy atom. The number of carbonyl (C=O) groups is 4. The summed E-state index contributed by atoms with van der Waals surface area (Å²) in [7, 11) is 2.56. The lowest BCUT2D eigenvalue weighted by Crippen LogP contribution is -2.22. The molecular weight excluding hydrogens is 468 g/mol. The number of rotatable bonds is 6. The molecule has 0 unspecified atom stereocenters. The third-order valence-corrected chi connectivity index (χ3v) is 6.29. The molecule has 1 amide bonds. The average molecular weight is 489 g/mol. The van der Waals surface area contributed by atoms with E-state index in [0.29, 0.717) is 26.9 Å². The van der Waals surface area contributed by atoms with E-state index in [-0.39, 0.29) is 22.7 Å². The van der Waals surface area contributed by atoms with Crippen molar-refractivity contribution in [1.82, 2.24) is 4.57 Å². The summed E-state index contributed by atoms with van der Waals surface area (Å²) in [5.74, 6) is -1.70. The summed E-state index contributed by atoms with van der Waals surface area (Å²) in [6.45, 7) is -0.162. The molecule has 0 spiro atoms. The zero-order chi connectivity index (χ0) is 24.9. The van der Waals surface area contributed by atoms with Crippen molar-refractivity contribution in [1.29, 1.82) is 0 Å². The molecule has 1 heterocycles. The molecule has 35 heavy (non-hydrogen) atoms. The maximum absolute atomic E-state index is 12.9. The van der Waals surface area contributed by atoms with Crippen molar-refractivity contribution >= 4 is 45.2 Å². The Hall–Kier alpha value is -4.37. The van der Waals surface area contributed by atoms with Gasteiger partial charge in [0, 0.05) is 16.7 Å². The topological polar surface area (TPSA) is 104 Å². The van der Waals surface area contributed by atoms with Crippen LogP contribution in [0.2, 0.25) is 0 Å². The predicted octanol–water partition coefficient (Wildman–Crippen LogP) is 3.63. The minimum atomic E-state index is -0.540. The maximum atomic E-state index is 12.9. The van der Waals surface area contributed by atoms with Gasteiger partial charge in [0.1, 0.15) is 6.54 Å². The monoisotopic (exact) mass is 488 g/mol. The molecule has 0 atom stereocenters. The molecule has 9 heteroatoms. The number of hydrogen-bond acceptors (Lipinski definition) is 7. The summed E-state index contributed by atoms with van der Waals surface area (Å²) in [6, 6.07) is 19.9. The fourth-order valence-electron chi connectivity index (χ4n) is 3.42. The van der Waals surface area contributed by atoms with E-state index in [9.17, 15) is 19.2 Å². The number of fused-ring (bicyclic) bond motifs is 1. The van der Waals surface area contributed by atoms with Gasteiger partial charge in [-0.1, -0.05) is 53.8 Å². The van der Waals surface area contributed by atoms with Gasteiger partial charge in [0.2, 0.25) is 0 Å². The summed E-state index contributed by atoms with van der Waals surface area (Å²) < 4.78 is 11.7. The van der Waals surface area contributed by atoms with Crippen LogP contribution in [0.4, 0.5) is 0 Å². The summed E-state index contributed by atoms with van der Waals surface area (Å²) >= 11 is 1.15. The van der Waals surface area contributed by atoms with Crippen LogP contribution >= 0.6 is 11.3 Å². The number of nitrogens with zero attached hydrogens (tertiary/aromatic N) is 2. The van der Waals surface area contributed by atoms with Gasteiger partial charge in [-0.25, -0.2) is 4.79 Å². The van der Waals surface area contributed by atoms with E-state index in [1.54, 1.807) is 59.2 Å². The Bertz CT molecular complexity index is 1500. The molecule has 4 rings (SSSR count). The highest BCUT2D eigenvalue weighted by atomic mass is 32.1. The van der Waals surface area contributed by atoms with E-state index in [4.69, 9.17) is 9.47 Å². The molecule has 0 aliphatic carbocycles. The number of carbonyl (C=O) groups excluding carboxylic acids is 4. The number of benzene rings is 3. The van der Waals surface area contributed by atoms with Crippen molar-refractivity contribution in [2.45, 2.75) is 6.54 Å². The molecule has 3 aromatic carbocycles. The van der Waals surface area contributed by atoms with Crippen molar-refractivity contribution < 1.29 is 28.7 Å². The van der Waals surface area contributed by atoms with Crippen molar-refractivity contribution in [3.8, 4) is 0 Å². The fraction of sp³-hybridized carbons (Fsp3) is 0.115. The lowest BCUT2D eigenvalue weighted by atomic mass is 10.0. The normalized spacial score (nSPS) is 11.3. The van der Waals surface area contributed by atoms with E-state index in [2.05, 4.69) is 4.99 Å². The summed E-state index contributed by atoms with van der Waals surface area (Å²) in [4.78, 5) is 53.9. The smallest absolute Gasteiger partial charge is 0.337 e. The summed E-state index contributed by atoms with van der Waals surface area (Å²) in [5.41, 5.74) is 2.24. The zero-order valence-corrected chi connectivity index (χ0v) is 19.7. The summed E-state index contributed by atoms with van der Waals surface area (Å²) in [5, 5.41) is 0. The van der Waals surface area contributed by atoms with Crippen LogP contribution < -0.4 is 4.80 Å². The molecule has 0 radical (unpaired) electrons. The van der Waals surface area contributed by atoms with Crippen LogP contribution in [-0.4, -0.2) is 42.4 Å². The number of esters is 2. The number of hydrogen-bond donors (Lipinski definition) is 0. The molecule has 0 fully saturated rings. The summed E-state index contributed by atoms with van der Waals surface area (Å²) in [6.07, 6.45) is 0. The van der Waals surface area contributed by atoms with Crippen LogP contribution in [-0.2, 0) is 20.8 Å². The lowest BCUT2D eigenvalue weighted by Gasteiger charge is -2.04. The van der Waals surface area contributed by atoms with Gasteiger partial charge in [0.15, 0.2) is 10.6 Å². The first-order valence-corrected chi connectivity index (χ1v) is 11.3. The van der Waals surface area contributed by atoms with Crippen LogP contribution in [0.25, 0.3) is 10.2 Å². The average Bonchev–Trinajstić information content (AvgIpc) is 3.23. The van der Waals surface area contributed by atoms with Gasteiger partial charge in [0.25, 0.3) is 5.91 Å². The second kappa shape index (κ2) is 10.3. The first-order chi connectivity index (χ1) is 16.9. The number of amides is 1. The molecule has 0 saturated heterocycles. The van der Waals surface area contributed by atoms with Crippen LogP contribution in [0.1, 0.15) is 36.6 Å². The fourth-order valence-corrected chi connectivity index (χ4v) is 4.49. The van der Waals surface area contributed by atoms with Crippen LogP contribution in [0.5, 0.6) is 0 Å². The Kier molecular flexibility index (Phi) is 6.98. The van der Waals surface area contributed by atoms with E-state index in [1.165, 1.54) is 26.4 Å². The van der Waals surface area contributed by atoms with Gasteiger partial charge in [-0.3, -0.25) is 14.4 Å². The molecular formula is C26H20N2O6S. The van der Waals surface area contributed by atoms with Crippen molar-refractivity contribution in [3.05, 3.63) is 99.9 Å². The molecule has 0 aliphatic heterocycles. The predicted molar refractivity (Wildman–Crippen MR) is 129 cm³/mol. The van der Waals surface area contributed by atoms with Crippen molar-refractivity contribution in [3.63, 3.8) is 0 Å². The van der Waals surface area contributed by atoms with Gasteiger partial charge in [-0.2, -0.15) is 4.99 Å². The van der Waals surface area contributed by atoms with Crippen LogP contribution in [0.15, 0.2) is 77.8 Å². The Morgan fingerprint density at radius 3 is 2.09 bits per heavy atom. The Balaban J connectivity index is 1.70. The molecule has 0 bridgehead atoms. The van der Waals surface area contributed by atoms with Gasteiger partial charge < -0.3 is 14.0 Å². The quantitative estimate of drug-likeness (QED) is 0.303. The van der Waals surface area contributed by atoms with Crippen molar-refractivity contribution in [2.24, 2.45) is 4.99 Å². The van der Waals surface area contributed by atoms with Gasteiger partial charge in [-0.05, 0) is 30.3 Å². The highest BCUT2D eigenvalue weighted by molar-refractivity contribution is 7.16. The third kappa shape index (κ3) is 5.10. The van der Waals surface area contributed by atoms with Gasteiger partial charge in [0.05, 0.1) is 30.0 Å². The van der Waals surface area contributed by atoms with E-state index in [0.717, 1.165) is 11.3 Å². The lowest BCUT2D eigenvalue weighted by molar-refractivity contribution is -0.141. The molecule has 0 aliphatic rings. The zero-order valence-electron chi connectivity index (χ0n) is 18.9.